The summed E-state index contributed by atoms with van der Waals surface area (Å²) in [7, 11) is -1.53. The van der Waals surface area contributed by atoms with Crippen molar-refractivity contribution in [2.75, 3.05) is 30.9 Å². The number of pyridine rings is 1. The molecule has 1 atom stereocenters. The molecule has 33 heavy (non-hydrogen) atoms. The molecule has 9 nitrogen and oxygen atoms in total. The number of benzene rings is 1. The summed E-state index contributed by atoms with van der Waals surface area (Å²) in [6, 6.07) is 8.86. The number of aliphatic imine (C=N–C) groups is 1. The van der Waals surface area contributed by atoms with Crippen LogP contribution in [0.3, 0.4) is 0 Å². The average molecular weight is 486 g/mol. The lowest BCUT2D eigenvalue weighted by atomic mass is 10.0. The van der Waals surface area contributed by atoms with E-state index in [0.717, 1.165) is 11.3 Å². The molecule has 0 aliphatic carbocycles. The van der Waals surface area contributed by atoms with Crippen LogP contribution in [0.1, 0.15) is 28.5 Å². The largest absolute Gasteiger partial charge is 0.497 e. The van der Waals surface area contributed by atoms with Crippen LogP contribution in [0, 0.1) is 6.92 Å². The molecule has 5 rings (SSSR count). The number of methoxy groups -OCH3 is 1. The molecule has 2 aliphatic heterocycles. The van der Waals surface area contributed by atoms with Gasteiger partial charge in [-0.2, -0.15) is 5.10 Å². The lowest BCUT2D eigenvalue weighted by Gasteiger charge is -2.12. The van der Waals surface area contributed by atoms with Crippen LogP contribution in [0.4, 0.5) is 0 Å². The molecule has 2 aromatic heterocycles. The molecular formula is C22H23N5O4S2. The number of carbonyl (C=O) groups excluding carboxylic acids is 1. The molecule has 1 saturated heterocycles. The number of sulfone groups is 1. The van der Waals surface area contributed by atoms with E-state index in [9.17, 15) is 13.2 Å². The number of carbonyl (C=O) groups is 1. The van der Waals surface area contributed by atoms with Gasteiger partial charge in [0.15, 0.2) is 20.7 Å². The Morgan fingerprint density at radius 3 is 2.85 bits per heavy atom. The predicted octanol–water partition coefficient (Wildman–Crippen LogP) is 2.61. The molecule has 1 N–H and O–H groups in total. The number of amidine groups is 1. The number of nitrogens with one attached hydrogen (secondary N) is 1. The number of ether oxygens (including phenoxy) is 1. The monoisotopic (exact) mass is 485 g/mol. The molecule has 2 aliphatic rings. The molecule has 172 valence electrons. The third-order valence-electron chi connectivity index (χ3n) is 5.81. The van der Waals surface area contributed by atoms with Crippen LogP contribution >= 0.6 is 11.8 Å². The maximum Gasteiger partial charge on any atom is 0.258 e. The molecule has 3 aromatic rings. The first-order chi connectivity index (χ1) is 15.8. The first kappa shape index (κ1) is 21.9. The zero-order valence-corrected chi connectivity index (χ0v) is 19.9. The number of fused-ring (bicyclic) bond motifs is 1. The van der Waals surface area contributed by atoms with Gasteiger partial charge in [-0.1, -0.05) is 23.9 Å². The fourth-order valence-electron chi connectivity index (χ4n) is 4.22. The van der Waals surface area contributed by atoms with Crippen LogP contribution in [-0.4, -0.2) is 65.2 Å². The Bertz CT molecular complexity index is 1400. The van der Waals surface area contributed by atoms with Gasteiger partial charge in [-0.25, -0.2) is 18.1 Å². The number of aryl methyl sites for hydroxylation is 1. The van der Waals surface area contributed by atoms with Crippen molar-refractivity contribution in [1.29, 1.82) is 0 Å². The van der Waals surface area contributed by atoms with Gasteiger partial charge in [0.1, 0.15) is 5.75 Å². The first-order valence-corrected chi connectivity index (χ1v) is 13.4. The van der Waals surface area contributed by atoms with Crippen LogP contribution in [0.2, 0.25) is 0 Å². The van der Waals surface area contributed by atoms with Crippen LogP contribution in [0.15, 0.2) is 35.3 Å². The first-order valence-electron chi connectivity index (χ1n) is 10.6. The van der Waals surface area contributed by atoms with E-state index in [0.29, 0.717) is 51.9 Å². The highest BCUT2D eigenvalue weighted by Gasteiger charge is 2.32. The maximum absolute atomic E-state index is 13.3. The van der Waals surface area contributed by atoms with E-state index in [1.165, 1.54) is 11.8 Å². The van der Waals surface area contributed by atoms with Gasteiger partial charge in [-0.05, 0) is 31.5 Å². The van der Waals surface area contributed by atoms with E-state index in [2.05, 4.69) is 15.4 Å². The van der Waals surface area contributed by atoms with Gasteiger partial charge < -0.3 is 10.1 Å². The van der Waals surface area contributed by atoms with E-state index in [1.807, 2.05) is 31.2 Å². The minimum absolute atomic E-state index is 0.0171. The standard InChI is InChI=1S/C22H23N5O4S2/c1-13-19-17(21(28)25-22-23-7-8-32-22)11-18(14-4-3-5-16(10-14)31-2)24-20(19)27(26-13)15-6-9-33(29,30)12-15/h3-5,10-11,15H,6-9,12H2,1-2H3,(H,23,25,28). The maximum atomic E-state index is 13.3. The normalized spacial score (nSPS) is 19.6. The zero-order valence-electron chi connectivity index (χ0n) is 18.2. The third-order valence-corrected chi connectivity index (χ3v) is 8.45. The second kappa shape index (κ2) is 8.45. The molecular weight excluding hydrogens is 462 g/mol. The summed E-state index contributed by atoms with van der Waals surface area (Å²) in [5.74, 6) is 1.36. The molecule has 0 saturated carbocycles. The van der Waals surface area contributed by atoms with E-state index < -0.39 is 9.84 Å². The molecule has 1 fully saturated rings. The zero-order chi connectivity index (χ0) is 23.2. The van der Waals surface area contributed by atoms with Gasteiger partial charge in [0.25, 0.3) is 5.91 Å². The van der Waals surface area contributed by atoms with Crippen molar-refractivity contribution in [2.45, 2.75) is 19.4 Å². The van der Waals surface area contributed by atoms with Gasteiger partial charge in [0, 0.05) is 11.3 Å². The molecule has 4 heterocycles. The quantitative estimate of drug-likeness (QED) is 0.604. The second-order valence-electron chi connectivity index (χ2n) is 8.06. The Kier molecular flexibility index (Phi) is 5.61. The average Bonchev–Trinajstić information content (AvgIpc) is 3.52. The topological polar surface area (TPSA) is 116 Å². The Labute approximate surface area is 195 Å². The van der Waals surface area contributed by atoms with Crippen molar-refractivity contribution >= 4 is 43.7 Å². The Hall–Kier alpha value is -2.92. The van der Waals surface area contributed by atoms with Crippen molar-refractivity contribution in [3.05, 3.63) is 41.6 Å². The summed E-state index contributed by atoms with van der Waals surface area (Å²) >= 11 is 1.50. The number of nitrogens with zero attached hydrogens (tertiary/aromatic N) is 4. The van der Waals surface area contributed by atoms with Crippen LogP contribution in [0.25, 0.3) is 22.3 Å². The summed E-state index contributed by atoms with van der Waals surface area (Å²) in [5.41, 5.74) is 2.92. The van der Waals surface area contributed by atoms with Crippen LogP contribution in [0.5, 0.6) is 5.75 Å². The van der Waals surface area contributed by atoms with E-state index in [4.69, 9.17) is 9.72 Å². The van der Waals surface area contributed by atoms with Crippen molar-refractivity contribution in [3.63, 3.8) is 0 Å². The van der Waals surface area contributed by atoms with E-state index in [-0.39, 0.29) is 23.5 Å². The highest BCUT2D eigenvalue weighted by atomic mass is 32.2. The summed E-state index contributed by atoms with van der Waals surface area (Å²) < 4.78 is 31.3. The van der Waals surface area contributed by atoms with Gasteiger partial charge >= 0.3 is 0 Å². The fourth-order valence-corrected chi connectivity index (χ4v) is 6.64. The molecule has 1 unspecified atom stereocenters. The van der Waals surface area contributed by atoms with Gasteiger partial charge in [-0.3, -0.25) is 9.79 Å². The van der Waals surface area contributed by atoms with Crippen molar-refractivity contribution in [3.8, 4) is 17.0 Å². The number of rotatable bonds is 4. The number of thioether (sulfide) groups is 1. The Balaban J connectivity index is 1.68. The van der Waals surface area contributed by atoms with E-state index >= 15 is 0 Å². The lowest BCUT2D eigenvalue weighted by molar-refractivity contribution is 0.0979. The van der Waals surface area contributed by atoms with E-state index in [1.54, 1.807) is 17.9 Å². The molecule has 0 radical (unpaired) electrons. The van der Waals surface area contributed by atoms with Crippen LogP contribution < -0.4 is 10.1 Å². The molecule has 0 spiro atoms. The third kappa shape index (κ3) is 4.22. The van der Waals surface area contributed by atoms with Gasteiger partial charge in [0.2, 0.25) is 0 Å². The second-order valence-corrected chi connectivity index (χ2v) is 11.4. The summed E-state index contributed by atoms with van der Waals surface area (Å²) in [6.45, 7) is 2.49. The van der Waals surface area contributed by atoms with Gasteiger partial charge in [-0.15, -0.1) is 0 Å². The number of hydrogen-bond acceptors (Lipinski definition) is 8. The minimum atomic E-state index is -3.12. The van der Waals surface area contributed by atoms with Crippen molar-refractivity contribution in [1.82, 2.24) is 20.1 Å². The SMILES string of the molecule is COc1cccc(-c2cc(C(=O)NC3=NCCS3)c3c(C)nn(C4CCS(=O)(=O)C4)c3n2)c1. The number of amides is 1. The lowest BCUT2D eigenvalue weighted by Crippen LogP contribution is -2.27. The Morgan fingerprint density at radius 1 is 1.30 bits per heavy atom. The van der Waals surface area contributed by atoms with Gasteiger partial charge in [0.05, 0.1) is 53.5 Å². The smallest absolute Gasteiger partial charge is 0.258 e. The predicted molar refractivity (Wildman–Crippen MR) is 129 cm³/mol. The summed E-state index contributed by atoms with van der Waals surface area (Å²) in [5, 5.41) is 8.74. The summed E-state index contributed by atoms with van der Waals surface area (Å²) in [4.78, 5) is 22.5. The minimum Gasteiger partial charge on any atom is -0.497 e. The molecule has 1 amide bonds. The van der Waals surface area contributed by atoms with Crippen LogP contribution in [-0.2, 0) is 9.84 Å². The molecule has 0 bridgehead atoms. The summed E-state index contributed by atoms with van der Waals surface area (Å²) in [6.07, 6.45) is 0.471. The molecule has 11 heteroatoms. The van der Waals surface area contributed by atoms with Crippen molar-refractivity contribution in [2.24, 2.45) is 4.99 Å². The fraction of sp³-hybridized carbons (Fsp3) is 0.364. The van der Waals surface area contributed by atoms with Crippen molar-refractivity contribution < 1.29 is 17.9 Å². The highest BCUT2D eigenvalue weighted by Crippen LogP contribution is 2.33. The molecule has 1 aromatic carbocycles. The number of hydrogen-bond donors (Lipinski definition) is 1. The highest BCUT2D eigenvalue weighted by molar-refractivity contribution is 8.14. The number of aromatic nitrogens is 3. The Morgan fingerprint density at radius 2 is 2.15 bits per heavy atom.